The van der Waals surface area contributed by atoms with E-state index in [9.17, 15) is 0 Å². The first-order chi connectivity index (χ1) is 4.86. The van der Waals surface area contributed by atoms with E-state index in [4.69, 9.17) is 5.11 Å². The zero-order valence-electron chi connectivity index (χ0n) is 6.09. The molecule has 0 aromatic heterocycles. The number of halogens is 2. The number of nitrogens with zero attached hydrogens (tertiary/aromatic N) is 1. The van der Waals surface area contributed by atoms with E-state index in [-0.39, 0.29) is 19.0 Å². The smallest absolute Gasteiger partial charge is 0.0558 e. The van der Waals surface area contributed by atoms with Crippen LogP contribution in [0.2, 0.25) is 0 Å². The quantitative estimate of drug-likeness (QED) is 0.718. The lowest BCUT2D eigenvalue weighted by Gasteiger charge is -2.35. The Kier molecular flexibility index (Phi) is 5.98. The second-order valence-corrected chi connectivity index (χ2v) is 2.82. The Balaban J connectivity index is 0.000001000. The van der Waals surface area contributed by atoms with Crippen LogP contribution >= 0.6 is 28.3 Å². The molecule has 1 aliphatic heterocycles. The monoisotopic (exact) mass is 239 g/mol. The maximum Gasteiger partial charge on any atom is 0.0558 e. The van der Waals surface area contributed by atoms with E-state index in [0.717, 1.165) is 19.6 Å². The van der Waals surface area contributed by atoms with Crippen LogP contribution in [0.1, 0.15) is 0 Å². The second kappa shape index (κ2) is 5.84. The standard InChI is InChI=1S/C7H10BrNO.ClH/c8-2-1-7-5-9(6-7)3-4-10;/h7,10H,3-6H2;1H. The highest BCUT2D eigenvalue weighted by Gasteiger charge is 2.23. The van der Waals surface area contributed by atoms with Gasteiger partial charge in [0.2, 0.25) is 0 Å². The van der Waals surface area contributed by atoms with Crippen LogP contribution in [0.5, 0.6) is 0 Å². The summed E-state index contributed by atoms with van der Waals surface area (Å²) in [5, 5.41) is 8.53. The predicted octanol–water partition coefficient (Wildman–Crippen LogP) is 0.688. The van der Waals surface area contributed by atoms with E-state index in [0.29, 0.717) is 5.92 Å². The van der Waals surface area contributed by atoms with Crippen LogP contribution < -0.4 is 0 Å². The van der Waals surface area contributed by atoms with Gasteiger partial charge in [0.05, 0.1) is 6.61 Å². The van der Waals surface area contributed by atoms with Gasteiger partial charge < -0.3 is 5.11 Å². The molecular formula is C7H11BrClNO. The maximum absolute atomic E-state index is 8.53. The fourth-order valence-corrected chi connectivity index (χ4v) is 1.39. The first-order valence-electron chi connectivity index (χ1n) is 3.31. The summed E-state index contributed by atoms with van der Waals surface area (Å²) in [5.74, 6) is 3.53. The van der Waals surface area contributed by atoms with Crippen molar-refractivity contribution in [1.29, 1.82) is 0 Å². The van der Waals surface area contributed by atoms with Crippen LogP contribution in [-0.2, 0) is 0 Å². The number of aliphatic hydroxyl groups excluding tert-OH is 1. The Morgan fingerprint density at radius 3 is 2.64 bits per heavy atom. The van der Waals surface area contributed by atoms with Gasteiger partial charge in [0.15, 0.2) is 0 Å². The van der Waals surface area contributed by atoms with Crippen molar-refractivity contribution in [1.82, 2.24) is 4.90 Å². The fraction of sp³-hybridized carbons (Fsp3) is 0.714. The Morgan fingerprint density at radius 1 is 1.55 bits per heavy atom. The van der Waals surface area contributed by atoms with Crippen molar-refractivity contribution in [2.24, 2.45) is 5.92 Å². The summed E-state index contributed by atoms with van der Waals surface area (Å²) in [6.07, 6.45) is 0. The molecule has 0 unspecified atom stereocenters. The molecule has 0 saturated carbocycles. The van der Waals surface area contributed by atoms with Crippen molar-refractivity contribution in [2.75, 3.05) is 26.2 Å². The molecule has 1 saturated heterocycles. The maximum atomic E-state index is 8.53. The van der Waals surface area contributed by atoms with Crippen LogP contribution in [0.3, 0.4) is 0 Å². The molecule has 0 atom stereocenters. The van der Waals surface area contributed by atoms with E-state index >= 15 is 0 Å². The Hall–Kier alpha value is 0.250. The van der Waals surface area contributed by atoms with Crippen LogP contribution in [0.25, 0.3) is 0 Å². The van der Waals surface area contributed by atoms with E-state index in [1.54, 1.807) is 0 Å². The van der Waals surface area contributed by atoms with Gasteiger partial charge in [0.25, 0.3) is 0 Å². The number of rotatable bonds is 2. The second-order valence-electron chi connectivity index (χ2n) is 2.42. The van der Waals surface area contributed by atoms with Crippen molar-refractivity contribution in [3.05, 3.63) is 0 Å². The molecule has 4 heteroatoms. The third-order valence-corrected chi connectivity index (χ3v) is 1.86. The van der Waals surface area contributed by atoms with Gasteiger partial charge in [-0.3, -0.25) is 4.90 Å². The summed E-state index contributed by atoms with van der Waals surface area (Å²) < 4.78 is 0. The Bertz CT molecular complexity index is 160. The molecule has 64 valence electrons. The van der Waals surface area contributed by atoms with Crippen LogP contribution in [0.4, 0.5) is 0 Å². The summed E-state index contributed by atoms with van der Waals surface area (Å²) in [4.78, 5) is 4.89. The minimum atomic E-state index is 0. The zero-order valence-corrected chi connectivity index (χ0v) is 8.49. The molecule has 0 aliphatic carbocycles. The highest BCUT2D eigenvalue weighted by Crippen LogP contribution is 2.12. The molecular weight excluding hydrogens is 229 g/mol. The van der Waals surface area contributed by atoms with Crippen molar-refractivity contribution in [3.63, 3.8) is 0 Å². The van der Waals surface area contributed by atoms with E-state index in [1.807, 2.05) is 0 Å². The van der Waals surface area contributed by atoms with Gasteiger partial charge in [-0.1, -0.05) is 5.92 Å². The molecule has 0 amide bonds. The molecule has 1 aliphatic rings. The molecule has 0 bridgehead atoms. The van der Waals surface area contributed by atoms with Crippen LogP contribution in [0.15, 0.2) is 0 Å². The van der Waals surface area contributed by atoms with E-state index in [2.05, 4.69) is 31.6 Å². The van der Waals surface area contributed by atoms with Crippen molar-refractivity contribution >= 4 is 28.3 Å². The van der Waals surface area contributed by atoms with Gasteiger partial charge >= 0.3 is 0 Å². The molecule has 1 N–H and O–H groups in total. The molecule has 0 aromatic carbocycles. The van der Waals surface area contributed by atoms with Crippen LogP contribution in [-0.4, -0.2) is 36.2 Å². The average Bonchev–Trinajstić information content (AvgIpc) is 1.84. The highest BCUT2D eigenvalue weighted by molar-refractivity contribution is 9.12. The van der Waals surface area contributed by atoms with Gasteiger partial charge in [-0.25, -0.2) is 0 Å². The number of β-amino-alcohol motifs (C(OH)–C–C–N with tert-alkyl or cyclic N) is 1. The number of hydrogen-bond donors (Lipinski definition) is 1. The number of likely N-dealkylation sites (tertiary alicyclic amines) is 1. The van der Waals surface area contributed by atoms with Gasteiger partial charge in [-0.2, -0.15) is 0 Å². The fourth-order valence-electron chi connectivity index (χ4n) is 1.06. The summed E-state index contributed by atoms with van der Waals surface area (Å²) in [6.45, 7) is 3.08. The summed E-state index contributed by atoms with van der Waals surface area (Å²) in [7, 11) is 0. The van der Waals surface area contributed by atoms with Crippen LogP contribution in [0, 0.1) is 16.7 Å². The Labute approximate surface area is 81.5 Å². The lowest BCUT2D eigenvalue weighted by atomic mass is 10.0. The first-order valence-corrected chi connectivity index (χ1v) is 4.10. The minimum Gasteiger partial charge on any atom is -0.395 e. The van der Waals surface area contributed by atoms with Gasteiger partial charge in [-0.05, 0) is 4.83 Å². The van der Waals surface area contributed by atoms with E-state index in [1.165, 1.54) is 0 Å². The summed E-state index contributed by atoms with van der Waals surface area (Å²) in [6, 6.07) is 0. The predicted molar refractivity (Wildman–Crippen MR) is 51.0 cm³/mol. The third-order valence-electron chi connectivity index (χ3n) is 1.63. The summed E-state index contributed by atoms with van der Waals surface area (Å²) >= 11 is 3.05. The molecule has 0 aromatic rings. The molecule has 0 spiro atoms. The molecule has 1 heterocycles. The lowest BCUT2D eigenvalue weighted by Crippen LogP contribution is -2.47. The van der Waals surface area contributed by atoms with Gasteiger partial charge in [0, 0.05) is 41.5 Å². The molecule has 1 fully saturated rings. The normalized spacial score (nSPS) is 17.6. The molecule has 2 nitrogen and oxygen atoms in total. The zero-order chi connectivity index (χ0) is 7.40. The number of hydrogen-bond acceptors (Lipinski definition) is 2. The topological polar surface area (TPSA) is 23.5 Å². The lowest BCUT2D eigenvalue weighted by molar-refractivity contribution is 0.106. The molecule has 0 radical (unpaired) electrons. The van der Waals surface area contributed by atoms with Crippen molar-refractivity contribution in [3.8, 4) is 10.8 Å². The Morgan fingerprint density at radius 2 is 2.18 bits per heavy atom. The number of aliphatic hydroxyl groups is 1. The van der Waals surface area contributed by atoms with Gasteiger partial charge in [0.1, 0.15) is 0 Å². The van der Waals surface area contributed by atoms with E-state index < -0.39 is 0 Å². The highest BCUT2D eigenvalue weighted by atomic mass is 79.9. The average molecular weight is 241 g/mol. The van der Waals surface area contributed by atoms with Crippen molar-refractivity contribution in [2.45, 2.75) is 0 Å². The summed E-state index contributed by atoms with van der Waals surface area (Å²) in [5.41, 5.74) is 0. The first kappa shape index (κ1) is 11.2. The largest absolute Gasteiger partial charge is 0.395 e. The van der Waals surface area contributed by atoms with Gasteiger partial charge in [-0.15, -0.1) is 12.4 Å². The minimum absolute atomic E-state index is 0. The molecule has 1 rings (SSSR count). The van der Waals surface area contributed by atoms with Crippen molar-refractivity contribution < 1.29 is 5.11 Å². The third kappa shape index (κ3) is 3.44. The SMILES string of the molecule is Cl.OCCN1CC(C#CBr)C1. The molecule has 11 heavy (non-hydrogen) atoms.